The molecule has 4 rings (SSSR count). The Morgan fingerprint density at radius 2 is 1.91 bits per heavy atom. The Bertz CT molecular complexity index is 954. The normalized spacial score (nSPS) is 24.4. The van der Waals surface area contributed by atoms with Gasteiger partial charge in [-0.15, -0.1) is 0 Å². The van der Waals surface area contributed by atoms with Crippen LogP contribution in [0.15, 0.2) is 34.8 Å². The average molecular weight is 535 g/mol. The lowest BCUT2D eigenvalue weighted by molar-refractivity contribution is -0.143. The van der Waals surface area contributed by atoms with Crippen molar-refractivity contribution in [3.63, 3.8) is 0 Å². The molecule has 7 nitrogen and oxygen atoms in total. The fourth-order valence-electron chi connectivity index (χ4n) is 4.99. The molecule has 1 aliphatic heterocycles. The summed E-state index contributed by atoms with van der Waals surface area (Å²) >= 11 is 3.87. The number of carbonyl (C=O) groups is 1. The molecule has 0 spiro atoms. The summed E-state index contributed by atoms with van der Waals surface area (Å²) < 4.78 is 20.4. The van der Waals surface area contributed by atoms with E-state index in [9.17, 15) is 4.79 Å². The molecule has 0 radical (unpaired) electrons. The number of hydrogen-bond donors (Lipinski definition) is 1. The topological polar surface area (TPSA) is 82.8 Å². The lowest BCUT2D eigenvalue weighted by Gasteiger charge is -2.28. The van der Waals surface area contributed by atoms with Gasteiger partial charge in [-0.05, 0) is 80.1 Å². The van der Waals surface area contributed by atoms with Crippen LogP contribution in [0, 0.1) is 11.8 Å². The van der Waals surface area contributed by atoms with Crippen molar-refractivity contribution in [2.45, 2.75) is 70.8 Å². The van der Waals surface area contributed by atoms with Gasteiger partial charge in [-0.3, -0.25) is 4.68 Å². The molecule has 34 heavy (non-hydrogen) atoms. The molecular weight excluding hydrogens is 500 g/mol. The van der Waals surface area contributed by atoms with Crippen molar-refractivity contribution in [1.82, 2.24) is 9.78 Å². The molecule has 186 valence electrons. The summed E-state index contributed by atoms with van der Waals surface area (Å²) in [6, 6.07) is 10.3. The molecule has 2 aromatic rings. The van der Waals surface area contributed by atoms with E-state index in [1.54, 1.807) is 0 Å². The minimum absolute atomic E-state index is 0.0895. The van der Waals surface area contributed by atoms with E-state index in [0.717, 1.165) is 60.8 Å². The minimum Gasteiger partial charge on any atom is -0.480 e. The Hall–Kier alpha value is -1.74. The first-order valence-corrected chi connectivity index (χ1v) is 13.0. The first-order valence-electron chi connectivity index (χ1n) is 12.2. The number of hydrogen-bond acceptors (Lipinski definition) is 5. The lowest BCUT2D eigenvalue weighted by Crippen LogP contribution is -2.24. The SMILES string of the molecule is CC1(C)OC[C@H](CCc2c(Br)c(-c3ccccc3)nn2CC2CCC(COCC(=O)O)CC2)O1. The summed E-state index contributed by atoms with van der Waals surface area (Å²) in [7, 11) is 0. The number of aliphatic carboxylic acids is 1. The Balaban J connectivity index is 1.42. The number of carboxylic acid groups (broad SMARTS) is 1. The molecule has 1 aromatic carbocycles. The first kappa shape index (κ1) is 25.4. The second-order valence-electron chi connectivity index (χ2n) is 9.94. The standard InChI is InChI=1S/C26H35BrN2O5/c1-26(2)33-16-21(34-26)12-13-22-24(27)25(20-6-4-3-5-7-20)28-29(22)14-18-8-10-19(11-9-18)15-32-17-23(30)31/h3-7,18-19,21H,8-17H2,1-2H3,(H,30,31)/t18?,19?,21-/m0/s1. The number of ether oxygens (including phenoxy) is 3. The molecule has 1 saturated heterocycles. The monoisotopic (exact) mass is 534 g/mol. The maximum absolute atomic E-state index is 10.7. The zero-order chi connectivity index (χ0) is 24.1. The van der Waals surface area contributed by atoms with Crippen LogP contribution in [0.5, 0.6) is 0 Å². The third-order valence-electron chi connectivity index (χ3n) is 6.79. The molecule has 0 bridgehead atoms. The van der Waals surface area contributed by atoms with Crippen molar-refractivity contribution in [3.8, 4) is 11.3 Å². The number of carboxylic acids is 1. The van der Waals surface area contributed by atoms with E-state index >= 15 is 0 Å². The highest BCUT2D eigenvalue weighted by Gasteiger charge is 2.33. The molecular formula is C26H35BrN2O5. The van der Waals surface area contributed by atoms with Crippen molar-refractivity contribution in [1.29, 1.82) is 0 Å². The molecule has 0 unspecified atom stereocenters. The van der Waals surface area contributed by atoms with Crippen LogP contribution in [0.2, 0.25) is 0 Å². The van der Waals surface area contributed by atoms with Gasteiger partial charge in [-0.25, -0.2) is 4.79 Å². The van der Waals surface area contributed by atoms with E-state index in [0.29, 0.717) is 25.0 Å². The summed E-state index contributed by atoms with van der Waals surface area (Å²) in [4.78, 5) is 10.7. The van der Waals surface area contributed by atoms with E-state index in [4.69, 9.17) is 24.4 Å². The van der Waals surface area contributed by atoms with E-state index in [-0.39, 0.29) is 12.7 Å². The molecule has 1 saturated carbocycles. The predicted octanol–water partition coefficient (Wildman–Crippen LogP) is 5.30. The lowest BCUT2D eigenvalue weighted by atomic mass is 9.82. The quantitative estimate of drug-likeness (QED) is 0.445. The van der Waals surface area contributed by atoms with Gasteiger partial charge in [0.2, 0.25) is 0 Å². The van der Waals surface area contributed by atoms with Crippen LogP contribution in [-0.2, 0) is 32.0 Å². The molecule has 1 aromatic heterocycles. The van der Waals surface area contributed by atoms with Gasteiger partial charge in [0.15, 0.2) is 5.79 Å². The van der Waals surface area contributed by atoms with Gasteiger partial charge in [-0.1, -0.05) is 30.3 Å². The van der Waals surface area contributed by atoms with Crippen LogP contribution >= 0.6 is 15.9 Å². The zero-order valence-electron chi connectivity index (χ0n) is 20.0. The van der Waals surface area contributed by atoms with E-state index in [1.807, 2.05) is 32.0 Å². The van der Waals surface area contributed by atoms with Gasteiger partial charge in [0, 0.05) is 12.1 Å². The highest BCUT2D eigenvalue weighted by atomic mass is 79.9. The second-order valence-corrected chi connectivity index (χ2v) is 10.7. The second kappa shape index (κ2) is 11.3. The minimum atomic E-state index is -0.905. The van der Waals surface area contributed by atoms with Crippen LogP contribution in [0.4, 0.5) is 0 Å². The Morgan fingerprint density at radius 3 is 2.56 bits per heavy atom. The summed E-state index contributed by atoms with van der Waals surface area (Å²) in [6.07, 6.45) is 6.18. The molecule has 2 fully saturated rings. The van der Waals surface area contributed by atoms with Crippen molar-refractivity contribution in [2.24, 2.45) is 11.8 Å². The third kappa shape index (κ3) is 6.68. The number of halogens is 1. The first-order chi connectivity index (χ1) is 16.3. The van der Waals surface area contributed by atoms with Crippen molar-refractivity contribution < 1.29 is 24.1 Å². The van der Waals surface area contributed by atoms with Crippen LogP contribution in [0.1, 0.15) is 51.6 Å². The highest BCUT2D eigenvalue weighted by Crippen LogP contribution is 2.35. The summed E-state index contributed by atoms with van der Waals surface area (Å²) in [6.45, 7) is 5.76. The summed E-state index contributed by atoms with van der Waals surface area (Å²) in [5.41, 5.74) is 3.30. The third-order valence-corrected chi connectivity index (χ3v) is 7.62. The summed E-state index contributed by atoms with van der Waals surface area (Å²) in [5, 5.41) is 13.8. The van der Waals surface area contributed by atoms with E-state index < -0.39 is 11.8 Å². The van der Waals surface area contributed by atoms with Crippen LogP contribution in [0.3, 0.4) is 0 Å². The average Bonchev–Trinajstić information content (AvgIpc) is 3.32. The van der Waals surface area contributed by atoms with Crippen molar-refractivity contribution in [3.05, 3.63) is 40.5 Å². The van der Waals surface area contributed by atoms with Crippen LogP contribution in [0.25, 0.3) is 11.3 Å². The number of benzene rings is 1. The smallest absolute Gasteiger partial charge is 0.329 e. The van der Waals surface area contributed by atoms with Crippen LogP contribution in [-0.4, -0.2) is 52.6 Å². The molecule has 2 aliphatic rings. The molecule has 1 N–H and O–H groups in total. The molecule has 1 aliphatic carbocycles. The number of aromatic nitrogens is 2. The zero-order valence-corrected chi connectivity index (χ0v) is 21.6. The Morgan fingerprint density at radius 1 is 1.21 bits per heavy atom. The van der Waals surface area contributed by atoms with Gasteiger partial charge in [0.25, 0.3) is 0 Å². The largest absolute Gasteiger partial charge is 0.480 e. The molecule has 8 heteroatoms. The Labute approximate surface area is 209 Å². The highest BCUT2D eigenvalue weighted by molar-refractivity contribution is 9.10. The molecule has 0 amide bonds. The summed E-state index contributed by atoms with van der Waals surface area (Å²) in [5.74, 6) is -0.417. The van der Waals surface area contributed by atoms with Gasteiger partial charge in [0.1, 0.15) is 12.3 Å². The Kier molecular flexibility index (Phi) is 8.45. The van der Waals surface area contributed by atoms with Gasteiger partial charge >= 0.3 is 5.97 Å². The van der Waals surface area contributed by atoms with E-state index in [1.165, 1.54) is 5.69 Å². The maximum atomic E-state index is 10.7. The molecule has 1 atom stereocenters. The fourth-order valence-corrected chi connectivity index (χ4v) is 5.70. The fraction of sp³-hybridized carbons (Fsp3) is 0.615. The van der Waals surface area contributed by atoms with Gasteiger partial charge in [-0.2, -0.15) is 5.10 Å². The van der Waals surface area contributed by atoms with Gasteiger partial charge in [0.05, 0.1) is 29.5 Å². The van der Waals surface area contributed by atoms with Gasteiger partial charge < -0.3 is 19.3 Å². The molecule has 2 heterocycles. The number of rotatable bonds is 10. The number of nitrogens with zero attached hydrogens (tertiary/aromatic N) is 2. The predicted molar refractivity (Wildman–Crippen MR) is 132 cm³/mol. The van der Waals surface area contributed by atoms with E-state index in [2.05, 4.69) is 32.7 Å². The maximum Gasteiger partial charge on any atom is 0.329 e. The van der Waals surface area contributed by atoms with Crippen LogP contribution < -0.4 is 0 Å². The van der Waals surface area contributed by atoms with Crippen molar-refractivity contribution >= 4 is 21.9 Å². The van der Waals surface area contributed by atoms with Crippen molar-refractivity contribution in [2.75, 3.05) is 19.8 Å².